The number of piperidine rings is 1. The van der Waals surface area contributed by atoms with Crippen molar-refractivity contribution < 1.29 is 33.4 Å². The summed E-state index contributed by atoms with van der Waals surface area (Å²) in [5, 5.41) is 21.9. The zero-order valence-electron chi connectivity index (χ0n) is 15.0. The molecule has 2 aliphatic rings. The Morgan fingerprint density at radius 1 is 1.14 bits per heavy atom. The number of carbonyl (C=O) groups is 3. The molecule has 10 heteroatoms. The SMILES string of the molecule is O=C(O)N1CCC(N2CC[C@](O)(C(=O)NCc3cc(F)cc(F)c3)C2=O)CC1. The summed E-state index contributed by atoms with van der Waals surface area (Å²) in [6, 6.07) is 2.55. The molecular weight excluding hydrogens is 376 g/mol. The Kier molecular flexibility index (Phi) is 5.50. The average Bonchev–Trinajstić information content (AvgIpc) is 2.95. The zero-order chi connectivity index (χ0) is 20.5. The third kappa shape index (κ3) is 3.91. The van der Waals surface area contributed by atoms with Gasteiger partial charge in [-0.15, -0.1) is 0 Å². The van der Waals surface area contributed by atoms with E-state index < -0.39 is 35.1 Å². The number of halogens is 2. The second-order valence-corrected chi connectivity index (χ2v) is 7.07. The number of benzene rings is 1. The van der Waals surface area contributed by atoms with Crippen molar-refractivity contribution in [1.82, 2.24) is 15.1 Å². The number of rotatable bonds is 4. The molecule has 3 rings (SSSR count). The molecule has 28 heavy (non-hydrogen) atoms. The summed E-state index contributed by atoms with van der Waals surface area (Å²) in [5.41, 5.74) is -2.08. The molecule has 0 unspecified atom stereocenters. The summed E-state index contributed by atoms with van der Waals surface area (Å²) in [4.78, 5) is 38.7. The first-order chi connectivity index (χ1) is 13.2. The predicted molar refractivity (Wildman–Crippen MR) is 92.1 cm³/mol. The van der Waals surface area contributed by atoms with Gasteiger partial charge in [-0.25, -0.2) is 13.6 Å². The molecule has 2 saturated heterocycles. The van der Waals surface area contributed by atoms with Gasteiger partial charge in [0.1, 0.15) is 11.6 Å². The Hall–Kier alpha value is -2.75. The first kappa shape index (κ1) is 20.0. The van der Waals surface area contributed by atoms with Gasteiger partial charge in [0.05, 0.1) is 0 Å². The van der Waals surface area contributed by atoms with Gasteiger partial charge >= 0.3 is 6.09 Å². The minimum absolute atomic E-state index is 0.103. The molecule has 0 aromatic heterocycles. The second kappa shape index (κ2) is 7.70. The van der Waals surface area contributed by atoms with Gasteiger partial charge in [0.15, 0.2) is 0 Å². The molecular formula is C18H21F2N3O5. The highest BCUT2D eigenvalue weighted by atomic mass is 19.1. The van der Waals surface area contributed by atoms with Crippen molar-refractivity contribution in [2.45, 2.75) is 37.5 Å². The summed E-state index contributed by atoms with van der Waals surface area (Å²) in [6.07, 6.45) is -0.263. The first-order valence-electron chi connectivity index (χ1n) is 8.95. The van der Waals surface area contributed by atoms with Crippen LogP contribution in [0.2, 0.25) is 0 Å². The molecule has 2 fully saturated rings. The minimum Gasteiger partial charge on any atom is -0.465 e. The van der Waals surface area contributed by atoms with E-state index in [0.29, 0.717) is 18.9 Å². The normalized spacial score (nSPS) is 23.2. The highest BCUT2D eigenvalue weighted by molar-refractivity contribution is 6.09. The van der Waals surface area contributed by atoms with Gasteiger partial charge in [-0.1, -0.05) is 0 Å². The summed E-state index contributed by atoms with van der Waals surface area (Å²) < 4.78 is 26.4. The maximum atomic E-state index is 13.2. The Balaban J connectivity index is 1.60. The van der Waals surface area contributed by atoms with Gasteiger partial charge in [-0.05, 0) is 30.5 Å². The molecule has 152 valence electrons. The van der Waals surface area contributed by atoms with E-state index in [1.807, 2.05) is 0 Å². The Labute approximate surface area is 159 Å². The summed E-state index contributed by atoms with van der Waals surface area (Å²) in [7, 11) is 0. The van der Waals surface area contributed by atoms with Gasteiger partial charge in [0, 0.05) is 44.7 Å². The van der Waals surface area contributed by atoms with Gasteiger partial charge in [-0.3, -0.25) is 9.59 Å². The van der Waals surface area contributed by atoms with Crippen LogP contribution in [0.3, 0.4) is 0 Å². The fourth-order valence-electron chi connectivity index (χ4n) is 3.70. The molecule has 3 N–H and O–H groups in total. The molecule has 0 aliphatic carbocycles. The van der Waals surface area contributed by atoms with Crippen molar-refractivity contribution in [3.05, 3.63) is 35.4 Å². The molecule has 3 amide bonds. The number of nitrogens with one attached hydrogen (secondary N) is 1. The molecule has 1 atom stereocenters. The highest BCUT2D eigenvalue weighted by Gasteiger charge is 2.53. The van der Waals surface area contributed by atoms with Crippen molar-refractivity contribution >= 4 is 17.9 Å². The quantitative estimate of drug-likeness (QED) is 0.648. The maximum Gasteiger partial charge on any atom is 0.407 e. The number of carboxylic acid groups (broad SMARTS) is 1. The molecule has 8 nitrogen and oxygen atoms in total. The number of hydrogen-bond donors (Lipinski definition) is 3. The molecule has 0 bridgehead atoms. The third-order valence-electron chi connectivity index (χ3n) is 5.26. The number of carbonyl (C=O) groups excluding carboxylic acids is 2. The van der Waals surface area contributed by atoms with Crippen LogP contribution in [0.5, 0.6) is 0 Å². The lowest BCUT2D eigenvalue weighted by molar-refractivity contribution is -0.155. The first-order valence-corrected chi connectivity index (χ1v) is 8.95. The number of hydrogen-bond acceptors (Lipinski definition) is 4. The summed E-state index contributed by atoms with van der Waals surface area (Å²) in [6.45, 7) is 0.494. The van der Waals surface area contributed by atoms with Crippen molar-refractivity contribution in [3.63, 3.8) is 0 Å². The van der Waals surface area contributed by atoms with Crippen LogP contribution in [-0.2, 0) is 16.1 Å². The molecule has 0 radical (unpaired) electrons. The molecule has 0 spiro atoms. The highest BCUT2D eigenvalue weighted by Crippen LogP contribution is 2.29. The molecule has 0 saturated carbocycles. The van der Waals surface area contributed by atoms with Crippen molar-refractivity contribution in [2.24, 2.45) is 0 Å². The largest absolute Gasteiger partial charge is 0.465 e. The molecule has 2 aliphatic heterocycles. The van der Waals surface area contributed by atoms with E-state index in [0.717, 1.165) is 12.1 Å². The maximum absolute atomic E-state index is 13.2. The Morgan fingerprint density at radius 2 is 1.75 bits per heavy atom. The lowest BCUT2D eigenvalue weighted by Gasteiger charge is -2.35. The number of nitrogens with zero attached hydrogens (tertiary/aromatic N) is 2. The Morgan fingerprint density at radius 3 is 2.32 bits per heavy atom. The summed E-state index contributed by atoms with van der Waals surface area (Å²) in [5.74, 6) is -3.24. The van der Waals surface area contributed by atoms with Gasteiger partial charge < -0.3 is 25.3 Å². The molecule has 1 aromatic carbocycles. The van der Waals surface area contributed by atoms with Crippen LogP contribution in [0.4, 0.5) is 13.6 Å². The molecule has 2 heterocycles. The standard InChI is InChI=1S/C18H21F2N3O5/c19-12-7-11(8-13(20)9-12)10-21-15(24)18(28)3-6-23(16(18)25)14-1-4-22(5-2-14)17(26)27/h7-9,14,28H,1-6,10H2,(H,21,24)(H,26,27)/t18-/m0/s1. The number of aliphatic hydroxyl groups is 1. The van der Waals surface area contributed by atoms with E-state index >= 15 is 0 Å². The number of amides is 3. The van der Waals surface area contributed by atoms with Gasteiger partial charge in [0.2, 0.25) is 5.60 Å². The van der Waals surface area contributed by atoms with Crippen molar-refractivity contribution in [2.75, 3.05) is 19.6 Å². The van der Waals surface area contributed by atoms with Crippen LogP contribution in [0.25, 0.3) is 0 Å². The van der Waals surface area contributed by atoms with Crippen LogP contribution in [0, 0.1) is 11.6 Å². The summed E-state index contributed by atoms with van der Waals surface area (Å²) >= 11 is 0. The monoisotopic (exact) mass is 397 g/mol. The minimum atomic E-state index is -2.24. The van der Waals surface area contributed by atoms with E-state index in [-0.39, 0.29) is 44.2 Å². The van der Waals surface area contributed by atoms with E-state index in [9.17, 15) is 28.3 Å². The average molecular weight is 397 g/mol. The van der Waals surface area contributed by atoms with E-state index in [4.69, 9.17) is 5.11 Å². The molecule has 1 aromatic rings. The van der Waals surface area contributed by atoms with Gasteiger partial charge in [0.25, 0.3) is 11.8 Å². The van der Waals surface area contributed by atoms with Crippen LogP contribution in [0.1, 0.15) is 24.8 Å². The van der Waals surface area contributed by atoms with Crippen molar-refractivity contribution in [1.29, 1.82) is 0 Å². The zero-order valence-corrected chi connectivity index (χ0v) is 15.0. The lowest BCUT2D eigenvalue weighted by atomic mass is 10.00. The van der Waals surface area contributed by atoms with E-state index in [2.05, 4.69) is 5.32 Å². The van der Waals surface area contributed by atoms with Crippen LogP contribution in [-0.4, -0.2) is 69.2 Å². The second-order valence-electron chi connectivity index (χ2n) is 7.07. The van der Waals surface area contributed by atoms with Crippen LogP contribution in [0.15, 0.2) is 18.2 Å². The third-order valence-corrected chi connectivity index (χ3v) is 5.26. The van der Waals surface area contributed by atoms with Crippen molar-refractivity contribution in [3.8, 4) is 0 Å². The topological polar surface area (TPSA) is 110 Å². The van der Waals surface area contributed by atoms with Crippen LogP contribution >= 0.6 is 0 Å². The van der Waals surface area contributed by atoms with E-state index in [1.54, 1.807) is 0 Å². The smallest absolute Gasteiger partial charge is 0.407 e. The van der Waals surface area contributed by atoms with Gasteiger partial charge in [-0.2, -0.15) is 0 Å². The predicted octanol–water partition coefficient (Wildman–Crippen LogP) is 0.687. The van der Waals surface area contributed by atoms with E-state index in [1.165, 1.54) is 9.80 Å². The fourth-order valence-corrected chi connectivity index (χ4v) is 3.70. The number of likely N-dealkylation sites (tertiary alicyclic amines) is 2. The van der Waals surface area contributed by atoms with Crippen LogP contribution < -0.4 is 5.32 Å². The Bertz CT molecular complexity index is 777. The lowest BCUT2D eigenvalue weighted by Crippen LogP contribution is -2.55. The fraction of sp³-hybridized carbons (Fsp3) is 0.500.